The maximum atomic E-state index is 6.79. The number of benzene rings is 1. The summed E-state index contributed by atoms with van der Waals surface area (Å²) in [6.45, 7) is 0. The molecule has 1 heteroatoms. The Bertz CT molecular complexity index is 441. The Hall–Kier alpha value is -0.820. The van der Waals surface area contributed by atoms with Gasteiger partial charge < -0.3 is 5.73 Å². The van der Waals surface area contributed by atoms with Crippen molar-refractivity contribution in [3.63, 3.8) is 0 Å². The lowest BCUT2D eigenvalue weighted by molar-refractivity contribution is 0.378. The van der Waals surface area contributed by atoms with Gasteiger partial charge in [0.2, 0.25) is 0 Å². The van der Waals surface area contributed by atoms with E-state index in [1.54, 1.807) is 11.1 Å². The lowest BCUT2D eigenvalue weighted by Gasteiger charge is -2.33. The van der Waals surface area contributed by atoms with Gasteiger partial charge in [-0.25, -0.2) is 0 Å². The van der Waals surface area contributed by atoms with Crippen LogP contribution in [0.15, 0.2) is 24.3 Å². The number of nitrogens with two attached hydrogens (primary N) is 1. The molecule has 0 aromatic heterocycles. The van der Waals surface area contributed by atoms with Gasteiger partial charge in [0, 0.05) is 11.5 Å². The van der Waals surface area contributed by atoms with Crippen molar-refractivity contribution in [3.05, 3.63) is 35.4 Å². The lowest BCUT2D eigenvalue weighted by atomic mass is 9.75. The Morgan fingerprint density at radius 2 is 1.76 bits per heavy atom. The van der Waals surface area contributed by atoms with Crippen molar-refractivity contribution in [1.29, 1.82) is 0 Å². The van der Waals surface area contributed by atoms with Gasteiger partial charge in [0.25, 0.3) is 0 Å². The molecule has 2 N–H and O–H groups in total. The zero-order valence-corrected chi connectivity index (χ0v) is 10.4. The summed E-state index contributed by atoms with van der Waals surface area (Å²) in [5, 5.41) is 0. The van der Waals surface area contributed by atoms with E-state index in [-0.39, 0.29) is 5.54 Å². The zero-order chi connectivity index (χ0) is 11.5. The molecule has 0 spiro atoms. The first kappa shape index (κ1) is 10.1. The summed E-state index contributed by atoms with van der Waals surface area (Å²) < 4.78 is 0. The summed E-state index contributed by atoms with van der Waals surface area (Å²) in [4.78, 5) is 0. The van der Waals surface area contributed by atoms with E-state index in [2.05, 4.69) is 24.3 Å². The molecule has 2 fully saturated rings. The van der Waals surface area contributed by atoms with Crippen LogP contribution in [-0.4, -0.2) is 5.54 Å². The minimum atomic E-state index is 0.175. The minimum Gasteiger partial charge on any atom is -0.324 e. The van der Waals surface area contributed by atoms with Crippen molar-refractivity contribution in [2.75, 3.05) is 0 Å². The van der Waals surface area contributed by atoms with E-state index in [4.69, 9.17) is 5.73 Å². The van der Waals surface area contributed by atoms with Crippen molar-refractivity contribution in [1.82, 2.24) is 0 Å². The van der Waals surface area contributed by atoms with E-state index in [1.165, 1.54) is 38.5 Å². The van der Waals surface area contributed by atoms with Crippen LogP contribution in [-0.2, 0) is 6.42 Å². The van der Waals surface area contributed by atoms with Crippen molar-refractivity contribution in [2.24, 2.45) is 17.6 Å². The van der Waals surface area contributed by atoms with Crippen LogP contribution in [0.4, 0.5) is 0 Å². The van der Waals surface area contributed by atoms with Gasteiger partial charge in [0.15, 0.2) is 0 Å². The Morgan fingerprint density at radius 3 is 2.59 bits per heavy atom. The summed E-state index contributed by atoms with van der Waals surface area (Å²) >= 11 is 0. The summed E-state index contributed by atoms with van der Waals surface area (Å²) in [5.74, 6) is 2.35. The molecule has 1 nitrogen and oxygen atoms in total. The predicted molar refractivity (Wildman–Crippen MR) is 69.9 cm³/mol. The molecule has 0 saturated heterocycles. The molecule has 0 bridgehead atoms. The minimum absolute atomic E-state index is 0.175. The van der Waals surface area contributed by atoms with Crippen LogP contribution in [0, 0.1) is 11.8 Å². The molecule has 17 heavy (non-hydrogen) atoms. The molecule has 0 heterocycles. The molecule has 3 aliphatic rings. The van der Waals surface area contributed by atoms with E-state index < -0.39 is 0 Å². The van der Waals surface area contributed by atoms with Crippen LogP contribution in [0.5, 0.6) is 0 Å². The van der Waals surface area contributed by atoms with Gasteiger partial charge >= 0.3 is 0 Å². The Balaban J connectivity index is 1.73. The maximum Gasteiger partial charge on any atom is 0.0287 e. The molecule has 1 aromatic carbocycles. The van der Waals surface area contributed by atoms with Gasteiger partial charge in [-0.1, -0.05) is 30.7 Å². The number of aryl methyl sites for hydroxylation is 1. The number of hydrogen-bond donors (Lipinski definition) is 1. The molecule has 90 valence electrons. The predicted octanol–water partition coefficient (Wildman–Crippen LogP) is 3.23. The largest absolute Gasteiger partial charge is 0.324 e. The second-order valence-electron chi connectivity index (χ2n) is 6.29. The summed E-state index contributed by atoms with van der Waals surface area (Å²) in [6, 6.07) is 9.02. The van der Waals surface area contributed by atoms with Crippen LogP contribution < -0.4 is 5.73 Å². The highest BCUT2D eigenvalue weighted by Crippen LogP contribution is 2.66. The highest BCUT2D eigenvalue weighted by Gasteiger charge is 2.67. The van der Waals surface area contributed by atoms with Gasteiger partial charge in [-0.3, -0.25) is 0 Å². The lowest BCUT2D eigenvalue weighted by Crippen LogP contribution is -2.38. The molecular weight excluding hydrogens is 206 g/mol. The molecule has 3 unspecified atom stereocenters. The van der Waals surface area contributed by atoms with Gasteiger partial charge in [-0.05, 0) is 55.1 Å². The van der Waals surface area contributed by atoms with E-state index in [1.807, 2.05) is 0 Å². The third-order valence-corrected chi connectivity index (χ3v) is 5.66. The molecule has 0 aliphatic heterocycles. The van der Waals surface area contributed by atoms with Crippen LogP contribution >= 0.6 is 0 Å². The average Bonchev–Trinajstić information content (AvgIpc) is 2.79. The fraction of sp³-hybridized carbons (Fsp3) is 0.625. The van der Waals surface area contributed by atoms with Crippen molar-refractivity contribution < 1.29 is 0 Å². The Morgan fingerprint density at radius 1 is 1.00 bits per heavy atom. The second kappa shape index (κ2) is 3.35. The molecule has 2 saturated carbocycles. The first-order valence-corrected chi connectivity index (χ1v) is 7.18. The van der Waals surface area contributed by atoms with Crippen LogP contribution in [0.3, 0.4) is 0 Å². The van der Waals surface area contributed by atoms with Crippen molar-refractivity contribution >= 4 is 0 Å². The van der Waals surface area contributed by atoms with Crippen LogP contribution in [0.1, 0.15) is 49.1 Å². The van der Waals surface area contributed by atoms with E-state index >= 15 is 0 Å². The third kappa shape index (κ3) is 1.24. The zero-order valence-electron chi connectivity index (χ0n) is 10.4. The van der Waals surface area contributed by atoms with Crippen LogP contribution in [0.25, 0.3) is 0 Å². The molecule has 3 aliphatic carbocycles. The summed E-state index contributed by atoms with van der Waals surface area (Å²) in [5.41, 5.74) is 10.1. The molecular formula is C16H21N. The number of hydrogen-bond acceptors (Lipinski definition) is 1. The first-order valence-electron chi connectivity index (χ1n) is 7.18. The summed E-state index contributed by atoms with van der Waals surface area (Å²) in [6.07, 6.45) is 8.11. The number of fused-ring (bicyclic) bond motifs is 2. The van der Waals surface area contributed by atoms with Gasteiger partial charge in [0.05, 0.1) is 0 Å². The van der Waals surface area contributed by atoms with Gasteiger partial charge in [-0.2, -0.15) is 0 Å². The van der Waals surface area contributed by atoms with Gasteiger partial charge in [-0.15, -0.1) is 0 Å². The highest BCUT2D eigenvalue weighted by atomic mass is 14.9. The summed E-state index contributed by atoms with van der Waals surface area (Å²) in [7, 11) is 0. The van der Waals surface area contributed by atoms with E-state index in [0.717, 1.165) is 11.8 Å². The quantitative estimate of drug-likeness (QED) is 0.783. The molecule has 0 amide bonds. The molecule has 4 rings (SSSR count). The third-order valence-electron chi connectivity index (χ3n) is 5.66. The smallest absolute Gasteiger partial charge is 0.0287 e. The fourth-order valence-electron chi connectivity index (χ4n) is 4.84. The average molecular weight is 227 g/mol. The topological polar surface area (TPSA) is 26.0 Å². The fourth-order valence-corrected chi connectivity index (χ4v) is 4.84. The Kier molecular flexibility index (Phi) is 2.00. The number of rotatable bonds is 1. The maximum absolute atomic E-state index is 6.79. The Labute approximate surface area is 103 Å². The van der Waals surface area contributed by atoms with Gasteiger partial charge in [0.1, 0.15) is 0 Å². The first-order chi connectivity index (χ1) is 8.32. The standard InChI is InChI=1S/C16H21N/c17-16(14-9-4-10-15(14)16)13-8-3-6-11-5-1-2-7-12(11)13/h1-2,5,7,13-15H,3-4,6,8-10,17H2. The highest BCUT2D eigenvalue weighted by molar-refractivity contribution is 5.40. The molecule has 3 atom stereocenters. The monoisotopic (exact) mass is 227 g/mol. The van der Waals surface area contributed by atoms with Crippen molar-refractivity contribution in [3.8, 4) is 0 Å². The van der Waals surface area contributed by atoms with Crippen molar-refractivity contribution in [2.45, 2.75) is 50.0 Å². The molecule has 1 aromatic rings. The van der Waals surface area contributed by atoms with E-state index in [9.17, 15) is 0 Å². The normalized spacial score (nSPS) is 43.0. The van der Waals surface area contributed by atoms with Crippen LogP contribution in [0.2, 0.25) is 0 Å². The molecule has 0 radical (unpaired) electrons. The SMILES string of the molecule is NC1(C2CCCc3ccccc32)C2CCCC21. The van der Waals surface area contributed by atoms with E-state index in [0.29, 0.717) is 5.92 Å². The second-order valence-corrected chi connectivity index (χ2v) is 6.29.